The van der Waals surface area contributed by atoms with Gasteiger partial charge in [0.1, 0.15) is 13.4 Å². The molecule has 0 fully saturated rings. The van der Waals surface area contributed by atoms with Crippen LogP contribution in [0.2, 0.25) is 0 Å². The Bertz CT molecular complexity index is 412. The minimum Gasteiger partial charge on any atom is -0.374 e. The first-order valence-electron chi connectivity index (χ1n) is 7.93. The molecule has 0 aromatic heterocycles. The Hall–Kier alpha value is -1.18. The van der Waals surface area contributed by atoms with Gasteiger partial charge in [0.15, 0.2) is 0 Å². The zero-order valence-electron chi connectivity index (χ0n) is 15.9. The Kier molecular flexibility index (Phi) is 15.6. The highest BCUT2D eigenvalue weighted by Gasteiger charge is 2.75. The van der Waals surface area contributed by atoms with Gasteiger partial charge >= 0.3 is 30.4 Å². The lowest BCUT2D eigenvalue weighted by atomic mass is 10.1. The first-order chi connectivity index (χ1) is 12.9. The summed E-state index contributed by atoms with van der Waals surface area (Å²) in [6.45, 7) is 2.38. The van der Waals surface area contributed by atoms with Crippen LogP contribution in [-0.4, -0.2) is 75.4 Å². The highest BCUT2D eigenvalue weighted by Crippen LogP contribution is 2.48. The van der Waals surface area contributed by atoms with Gasteiger partial charge in [0.05, 0.1) is 6.61 Å². The Balaban J connectivity index is -0.000000833. The summed E-state index contributed by atoms with van der Waals surface area (Å²) in [7, 11) is 1.64. The third kappa shape index (κ3) is 13.6. The van der Waals surface area contributed by atoms with Crippen molar-refractivity contribution in [1.82, 2.24) is 4.90 Å². The van der Waals surface area contributed by atoms with Crippen LogP contribution in [-0.2, 0) is 9.53 Å². The molecule has 0 N–H and O–H groups in total. The number of rotatable bonds is 11. The lowest BCUT2D eigenvalue weighted by Gasteiger charge is -2.32. The summed E-state index contributed by atoms with van der Waals surface area (Å²) in [6.07, 6.45) is -7.20. The number of unbranched alkanes of at least 4 members (excludes halogenated alkanes) is 1. The standard InChI is InChI=1S/C12H19F8NO.C2H3F3.CH2O/c1-3-4-5-21(2)6-7-22-8-10(15,16)12(19,20)11(17,18)9(13)14;1-2(3,4)5;1-2/h9H,3-8H2,1-2H3;1H3;1H2. The Morgan fingerprint density at radius 2 is 1.34 bits per heavy atom. The topological polar surface area (TPSA) is 29.5 Å². The molecule has 0 saturated carbocycles. The number of hydrogen-bond donors (Lipinski definition) is 0. The van der Waals surface area contributed by atoms with Crippen LogP contribution in [0.5, 0.6) is 0 Å². The van der Waals surface area contributed by atoms with Crippen LogP contribution >= 0.6 is 0 Å². The predicted molar refractivity (Wildman–Crippen MR) is 82.9 cm³/mol. The van der Waals surface area contributed by atoms with Crippen LogP contribution in [0.15, 0.2) is 0 Å². The van der Waals surface area contributed by atoms with Crippen LogP contribution < -0.4 is 0 Å². The van der Waals surface area contributed by atoms with Crippen LogP contribution in [0.25, 0.3) is 0 Å². The average Bonchev–Trinajstić information content (AvgIpc) is 2.56. The average molecular weight is 459 g/mol. The molecule has 0 unspecified atom stereocenters. The maximum absolute atomic E-state index is 13.1. The minimum atomic E-state index is -6.21. The zero-order valence-corrected chi connectivity index (χ0v) is 15.9. The predicted octanol–water partition coefficient (Wildman–Crippen LogP) is 5.29. The molecule has 0 aromatic rings. The molecule has 0 atom stereocenters. The number of likely N-dealkylation sites (N-methyl/N-ethyl adjacent to an activating group) is 1. The summed E-state index contributed by atoms with van der Waals surface area (Å²) >= 11 is 0. The zero-order chi connectivity index (χ0) is 24.1. The van der Waals surface area contributed by atoms with Gasteiger partial charge in [-0.1, -0.05) is 13.3 Å². The quantitative estimate of drug-likeness (QED) is 0.311. The Morgan fingerprint density at radius 3 is 1.69 bits per heavy atom. The van der Waals surface area contributed by atoms with E-state index in [1.165, 1.54) is 0 Å². The fourth-order valence-corrected chi connectivity index (χ4v) is 1.43. The van der Waals surface area contributed by atoms with Gasteiger partial charge in [0, 0.05) is 13.5 Å². The minimum absolute atomic E-state index is 0.118. The van der Waals surface area contributed by atoms with E-state index in [0.717, 1.165) is 12.8 Å². The third-order valence-electron chi connectivity index (χ3n) is 2.95. The number of carbonyl (C=O) groups excluding carboxylic acids is 1. The van der Waals surface area contributed by atoms with Gasteiger partial charge in [-0.15, -0.1) is 0 Å². The van der Waals surface area contributed by atoms with Gasteiger partial charge < -0.3 is 14.4 Å². The number of ether oxygens (including phenoxy) is 1. The lowest BCUT2D eigenvalue weighted by molar-refractivity contribution is -0.346. The fourth-order valence-electron chi connectivity index (χ4n) is 1.43. The van der Waals surface area contributed by atoms with Gasteiger partial charge in [-0.05, 0) is 20.0 Å². The van der Waals surface area contributed by atoms with Crippen molar-refractivity contribution >= 4 is 6.79 Å². The molecule has 0 bridgehead atoms. The van der Waals surface area contributed by atoms with E-state index in [0.29, 0.717) is 6.54 Å². The van der Waals surface area contributed by atoms with Gasteiger partial charge in [-0.2, -0.15) is 39.5 Å². The maximum atomic E-state index is 13.1. The first kappa shape index (κ1) is 32.5. The van der Waals surface area contributed by atoms with Crippen molar-refractivity contribution in [3.63, 3.8) is 0 Å². The number of halogens is 11. The van der Waals surface area contributed by atoms with E-state index in [1.54, 1.807) is 11.9 Å². The number of alkyl halides is 11. The van der Waals surface area contributed by atoms with Crippen molar-refractivity contribution in [2.24, 2.45) is 0 Å². The monoisotopic (exact) mass is 459 g/mol. The van der Waals surface area contributed by atoms with Gasteiger partial charge in [-0.25, -0.2) is 8.78 Å². The molecule has 0 aliphatic carbocycles. The molecule has 3 nitrogen and oxygen atoms in total. The summed E-state index contributed by atoms with van der Waals surface area (Å²) < 4.78 is 136. The molecular formula is C15H24F11NO2. The molecule has 0 radical (unpaired) electrons. The van der Waals surface area contributed by atoms with E-state index in [4.69, 9.17) is 4.79 Å². The summed E-state index contributed by atoms with van der Waals surface area (Å²) in [5, 5.41) is 0. The van der Waals surface area contributed by atoms with E-state index in [1.807, 2.05) is 13.7 Å². The molecular weight excluding hydrogens is 435 g/mol. The molecule has 0 amide bonds. The number of nitrogens with zero attached hydrogens (tertiary/aromatic N) is 1. The highest BCUT2D eigenvalue weighted by atomic mass is 19.4. The van der Waals surface area contributed by atoms with Gasteiger partial charge in [0.25, 0.3) is 0 Å². The van der Waals surface area contributed by atoms with Crippen molar-refractivity contribution in [1.29, 1.82) is 0 Å². The van der Waals surface area contributed by atoms with E-state index < -0.39 is 43.6 Å². The van der Waals surface area contributed by atoms with Crippen molar-refractivity contribution < 1.29 is 57.8 Å². The molecule has 178 valence electrons. The Morgan fingerprint density at radius 1 is 0.931 bits per heavy atom. The van der Waals surface area contributed by atoms with E-state index in [9.17, 15) is 48.3 Å². The third-order valence-corrected chi connectivity index (χ3v) is 2.95. The maximum Gasteiger partial charge on any atom is 0.386 e. The van der Waals surface area contributed by atoms with Gasteiger partial charge in [0.2, 0.25) is 0 Å². The molecule has 14 heteroatoms. The smallest absolute Gasteiger partial charge is 0.374 e. The van der Waals surface area contributed by atoms with Crippen LogP contribution in [0, 0.1) is 0 Å². The van der Waals surface area contributed by atoms with E-state index in [2.05, 4.69) is 4.74 Å². The van der Waals surface area contributed by atoms with Crippen LogP contribution in [0.4, 0.5) is 48.3 Å². The molecule has 0 rings (SSSR count). The van der Waals surface area contributed by atoms with E-state index >= 15 is 0 Å². The lowest BCUT2D eigenvalue weighted by Crippen LogP contribution is -2.59. The van der Waals surface area contributed by atoms with Crippen molar-refractivity contribution in [2.45, 2.75) is 57.1 Å². The number of hydrogen-bond acceptors (Lipinski definition) is 3. The molecule has 0 aliphatic heterocycles. The molecule has 0 heterocycles. The normalized spacial score (nSPS) is 13.0. The molecule has 0 aromatic carbocycles. The second-order valence-corrected chi connectivity index (χ2v) is 5.69. The first-order valence-corrected chi connectivity index (χ1v) is 7.93. The second kappa shape index (κ2) is 13.9. The summed E-state index contributed by atoms with van der Waals surface area (Å²) in [6, 6.07) is 0. The van der Waals surface area contributed by atoms with Crippen molar-refractivity contribution in [3.8, 4) is 0 Å². The van der Waals surface area contributed by atoms with Crippen LogP contribution in [0.3, 0.4) is 0 Å². The Labute approximate surface area is 161 Å². The largest absolute Gasteiger partial charge is 0.386 e. The van der Waals surface area contributed by atoms with E-state index in [-0.39, 0.29) is 13.5 Å². The SMILES string of the molecule is C=O.CC(F)(F)F.CCCCN(C)CCOCC(F)(F)C(F)(F)C(F)(F)C(F)F. The summed E-state index contributed by atoms with van der Waals surface area (Å²) in [5.74, 6) is -17.8. The highest BCUT2D eigenvalue weighted by molar-refractivity contribution is 5.11. The van der Waals surface area contributed by atoms with Crippen molar-refractivity contribution in [3.05, 3.63) is 0 Å². The van der Waals surface area contributed by atoms with Crippen LogP contribution in [0.1, 0.15) is 26.7 Å². The molecule has 0 spiro atoms. The number of carbonyl (C=O) groups is 1. The molecule has 0 saturated heterocycles. The second-order valence-electron chi connectivity index (χ2n) is 5.69. The van der Waals surface area contributed by atoms with Gasteiger partial charge in [-0.3, -0.25) is 0 Å². The van der Waals surface area contributed by atoms with Crippen molar-refractivity contribution in [2.75, 3.05) is 33.4 Å². The fraction of sp³-hybridized carbons (Fsp3) is 0.933. The summed E-state index contributed by atoms with van der Waals surface area (Å²) in [4.78, 5) is 9.67. The molecule has 0 aliphatic rings. The molecule has 29 heavy (non-hydrogen) atoms. The summed E-state index contributed by atoms with van der Waals surface area (Å²) in [5.41, 5.74) is 0.